The molecule has 0 aromatic carbocycles. The maximum atomic E-state index is 12.0. The Morgan fingerprint density at radius 2 is 1.94 bits per heavy atom. The Kier molecular flexibility index (Phi) is 4.02. The third-order valence-corrected chi connectivity index (χ3v) is 4.16. The Morgan fingerprint density at radius 1 is 1.24 bits per heavy atom. The molecule has 1 atom stereocenters. The zero-order chi connectivity index (χ0) is 12.3. The summed E-state index contributed by atoms with van der Waals surface area (Å²) in [5.74, 6) is 0.700. The zero-order valence-corrected chi connectivity index (χ0v) is 10.6. The molecule has 2 aliphatic rings. The van der Waals surface area contributed by atoms with Gasteiger partial charge in [0.15, 0.2) is 0 Å². The van der Waals surface area contributed by atoms with Gasteiger partial charge in [0.25, 0.3) is 0 Å². The van der Waals surface area contributed by atoms with Crippen LogP contribution in [0.25, 0.3) is 0 Å². The summed E-state index contributed by atoms with van der Waals surface area (Å²) in [4.78, 5) is 25.1. The van der Waals surface area contributed by atoms with E-state index in [2.05, 4.69) is 12.2 Å². The lowest BCUT2D eigenvalue weighted by Gasteiger charge is -2.35. The number of nitrogens with one attached hydrogen (secondary N) is 1. The molecular weight excluding hydrogens is 216 g/mol. The smallest absolute Gasteiger partial charge is 0.242 e. The van der Waals surface area contributed by atoms with Crippen molar-refractivity contribution in [1.29, 1.82) is 0 Å². The molecule has 2 amide bonds. The Morgan fingerprint density at radius 3 is 2.65 bits per heavy atom. The maximum absolute atomic E-state index is 12.0. The van der Waals surface area contributed by atoms with Gasteiger partial charge in [0.1, 0.15) is 0 Å². The van der Waals surface area contributed by atoms with Crippen molar-refractivity contribution in [3.63, 3.8) is 0 Å². The van der Waals surface area contributed by atoms with Crippen molar-refractivity contribution < 1.29 is 9.59 Å². The molecule has 0 bridgehead atoms. The largest absolute Gasteiger partial charge is 0.347 e. The molecule has 1 heterocycles. The molecule has 17 heavy (non-hydrogen) atoms. The van der Waals surface area contributed by atoms with E-state index in [0.29, 0.717) is 18.9 Å². The lowest BCUT2D eigenvalue weighted by Crippen LogP contribution is -2.45. The number of rotatable bonds is 2. The van der Waals surface area contributed by atoms with E-state index in [1.807, 2.05) is 4.90 Å². The average molecular weight is 238 g/mol. The van der Waals surface area contributed by atoms with Crippen LogP contribution >= 0.6 is 0 Å². The summed E-state index contributed by atoms with van der Waals surface area (Å²) < 4.78 is 0. The van der Waals surface area contributed by atoms with Gasteiger partial charge in [0.05, 0.1) is 6.54 Å². The molecular formula is C13H22N2O2. The standard InChI is InChI=1S/C13H22N2O2/c1-10(11-5-3-2-4-6-11)15-8-7-12(16)14-9-13(15)17/h10-11H,2-9H2,1H3,(H,14,16). The van der Waals surface area contributed by atoms with E-state index < -0.39 is 0 Å². The Balaban J connectivity index is 1.98. The molecule has 1 N–H and O–H groups in total. The second-order valence-electron chi connectivity index (χ2n) is 5.25. The maximum Gasteiger partial charge on any atom is 0.242 e. The molecule has 0 aromatic heterocycles. The highest BCUT2D eigenvalue weighted by Gasteiger charge is 2.30. The first-order valence-electron chi connectivity index (χ1n) is 6.74. The number of hydrogen-bond donors (Lipinski definition) is 1. The van der Waals surface area contributed by atoms with Gasteiger partial charge in [-0.2, -0.15) is 0 Å². The molecule has 2 rings (SSSR count). The minimum atomic E-state index is -0.00306. The normalized spacial score (nSPS) is 25.4. The number of hydrogen-bond acceptors (Lipinski definition) is 2. The molecule has 4 nitrogen and oxygen atoms in total. The molecule has 1 aliphatic heterocycles. The Bertz CT molecular complexity index is 298. The van der Waals surface area contributed by atoms with Crippen molar-refractivity contribution in [2.45, 2.75) is 51.5 Å². The monoisotopic (exact) mass is 238 g/mol. The summed E-state index contributed by atoms with van der Waals surface area (Å²) in [5.41, 5.74) is 0. The highest BCUT2D eigenvalue weighted by Crippen LogP contribution is 2.29. The number of carbonyl (C=O) groups is 2. The van der Waals surface area contributed by atoms with E-state index in [4.69, 9.17) is 0 Å². The number of nitrogens with zero attached hydrogens (tertiary/aromatic N) is 1. The van der Waals surface area contributed by atoms with Gasteiger partial charge >= 0.3 is 0 Å². The first kappa shape index (κ1) is 12.4. The highest BCUT2D eigenvalue weighted by molar-refractivity contribution is 5.87. The second-order valence-corrected chi connectivity index (χ2v) is 5.25. The predicted molar refractivity (Wildman–Crippen MR) is 65.4 cm³/mol. The highest BCUT2D eigenvalue weighted by atomic mass is 16.2. The van der Waals surface area contributed by atoms with E-state index in [1.54, 1.807) is 0 Å². The fourth-order valence-corrected chi connectivity index (χ4v) is 3.01. The molecule has 2 fully saturated rings. The van der Waals surface area contributed by atoms with Gasteiger partial charge in [-0.15, -0.1) is 0 Å². The first-order chi connectivity index (χ1) is 8.18. The Hall–Kier alpha value is -1.06. The third-order valence-electron chi connectivity index (χ3n) is 4.16. The van der Waals surface area contributed by atoms with Gasteiger partial charge in [0.2, 0.25) is 11.8 Å². The average Bonchev–Trinajstić information content (AvgIpc) is 2.52. The van der Waals surface area contributed by atoms with Gasteiger partial charge < -0.3 is 10.2 Å². The van der Waals surface area contributed by atoms with Crippen LogP contribution in [-0.4, -0.2) is 35.8 Å². The molecule has 1 saturated heterocycles. The third kappa shape index (κ3) is 2.99. The molecule has 96 valence electrons. The molecule has 0 radical (unpaired) electrons. The first-order valence-corrected chi connectivity index (χ1v) is 6.74. The minimum absolute atomic E-state index is 0.00306. The van der Waals surface area contributed by atoms with Crippen LogP contribution in [0.15, 0.2) is 0 Å². The van der Waals surface area contributed by atoms with Crippen molar-refractivity contribution in [3.8, 4) is 0 Å². The van der Waals surface area contributed by atoms with Crippen molar-refractivity contribution in [2.75, 3.05) is 13.1 Å². The van der Waals surface area contributed by atoms with Gasteiger partial charge in [-0.3, -0.25) is 9.59 Å². The summed E-state index contributed by atoms with van der Waals surface area (Å²) in [6.07, 6.45) is 6.81. The van der Waals surface area contributed by atoms with Crippen LogP contribution in [0.3, 0.4) is 0 Å². The van der Waals surface area contributed by atoms with Gasteiger partial charge in [-0.05, 0) is 25.7 Å². The topological polar surface area (TPSA) is 49.4 Å². The summed E-state index contributed by atoms with van der Waals surface area (Å²) in [5, 5.41) is 2.65. The van der Waals surface area contributed by atoms with Crippen LogP contribution in [0.4, 0.5) is 0 Å². The quantitative estimate of drug-likeness (QED) is 0.788. The van der Waals surface area contributed by atoms with Gasteiger partial charge in [0, 0.05) is 19.0 Å². The SMILES string of the molecule is CC(C1CCCCC1)N1CCC(=O)NCC1=O. The fraction of sp³-hybridized carbons (Fsp3) is 0.846. The summed E-state index contributed by atoms with van der Waals surface area (Å²) in [6, 6.07) is 0.287. The van der Waals surface area contributed by atoms with E-state index in [-0.39, 0.29) is 24.4 Å². The zero-order valence-electron chi connectivity index (χ0n) is 10.6. The lowest BCUT2D eigenvalue weighted by atomic mass is 9.84. The van der Waals surface area contributed by atoms with Crippen molar-refractivity contribution >= 4 is 11.8 Å². The second kappa shape index (κ2) is 5.52. The fourth-order valence-electron chi connectivity index (χ4n) is 3.01. The number of carbonyl (C=O) groups excluding carboxylic acids is 2. The molecule has 1 aliphatic carbocycles. The van der Waals surface area contributed by atoms with Crippen LogP contribution in [0.2, 0.25) is 0 Å². The van der Waals surface area contributed by atoms with Crippen LogP contribution in [-0.2, 0) is 9.59 Å². The summed E-state index contributed by atoms with van der Waals surface area (Å²) in [7, 11) is 0. The van der Waals surface area contributed by atoms with E-state index >= 15 is 0 Å². The lowest BCUT2D eigenvalue weighted by molar-refractivity contribution is -0.133. The van der Waals surface area contributed by atoms with Crippen LogP contribution < -0.4 is 5.32 Å². The van der Waals surface area contributed by atoms with Gasteiger partial charge in [-0.1, -0.05) is 19.3 Å². The van der Waals surface area contributed by atoms with Crippen molar-refractivity contribution in [1.82, 2.24) is 10.2 Å². The molecule has 1 unspecified atom stereocenters. The van der Waals surface area contributed by atoms with Crippen molar-refractivity contribution in [3.05, 3.63) is 0 Å². The van der Waals surface area contributed by atoms with Gasteiger partial charge in [-0.25, -0.2) is 0 Å². The molecule has 0 aromatic rings. The molecule has 4 heteroatoms. The Labute approximate surface area is 103 Å². The van der Waals surface area contributed by atoms with Crippen LogP contribution in [0.5, 0.6) is 0 Å². The molecule has 0 spiro atoms. The van der Waals surface area contributed by atoms with Crippen LogP contribution in [0.1, 0.15) is 45.4 Å². The minimum Gasteiger partial charge on any atom is -0.347 e. The molecule has 1 saturated carbocycles. The summed E-state index contributed by atoms with van der Waals surface area (Å²) in [6.45, 7) is 2.90. The van der Waals surface area contributed by atoms with E-state index in [0.717, 1.165) is 0 Å². The predicted octanol–water partition coefficient (Wildman–Crippen LogP) is 1.30. The van der Waals surface area contributed by atoms with E-state index in [9.17, 15) is 9.59 Å². The summed E-state index contributed by atoms with van der Waals surface area (Å²) >= 11 is 0. The van der Waals surface area contributed by atoms with Crippen LogP contribution in [0, 0.1) is 5.92 Å². The number of amides is 2. The van der Waals surface area contributed by atoms with E-state index in [1.165, 1.54) is 32.1 Å². The van der Waals surface area contributed by atoms with Crippen molar-refractivity contribution in [2.24, 2.45) is 5.92 Å².